The molecule has 86 valence electrons. The van der Waals surface area contributed by atoms with E-state index in [4.69, 9.17) is 0 Å². The van der Waals surface area contributed by atoms with Crippen molar-refractivity contribution in [3.05, 3.63) is 9.47 Å². The normalized spacial score (nSPS) is 14.9. The predicted molar refractivity (Wildman–Crippen MR) is 80.0 cm³/mol. The Kier molecular flexibility index (Phi) is 7.15. The first-order valence-corrected chi connectivity index (χ1v) is 10.3. The van der Waals surface area contributed by atoms with Gasteiger partial charge in [-0.3, -0.25) is 0 Å². The van der Waals surface area contributed by atoms with Crippen LogP contribution in [0.15, 0.2) is 9.47 Å². The second kappa shape index (κ2) is 6.93. The minimum Gasteiger partial charge on any atom is -0.132 e. The lowest BCUT2D eigenvalue weighted by Crippen LogP contribution is -2.17. The number of allylic oxidation sites excluding steroid dienone is 1. The fraction of sp³-hybridized carbons (Fsp3) is 0.667. The molecule has 0 aliphatic rings. The summed E-state index contributed by atoms with van der Waals surface area (Å²) in [4.78, 5) is 0. The standard InChI is InChI=1S/C12H20Br2Si/c1-10(6-7-15(3,4)5)8-11(2)9-12(13)14/h9-11H,8H2,1-5H3/t10-,11+/m1/s1. The van der Waals surface area contributed by atoms with Crippen molar-refractivity contribution in [3.8, 4) is 11.5 Å². The van der Waals surface area contributed by atoms with Crippen molar-refractivity contribution in [1.82, 2.24) is 0 Å². The van der Waals surface area contributed by atoms with E-state index >= 15 is 0 Å². The van der Waals surface area contributed by atoms with Gasteiger partial charge in [0.25, 0.3) is 0 Å². The Hall–Kier alpha value is 0.477. The third kappa shape index (κ3) is 10.8. The summed E-state index contributed by atoms with van der Waals surface area (Å²) in [5.41, 5.74) is 3.43. The third-order valence-corrected chi connectivity index (χ3v) is 3.25. The van der Waals surface area contributed by atoms with Gasteiger partial charge in [-0.1, -0.05) is 39.6 Å². The van der Waals surface area contributed by atoms with Crippen LogP contribution in [0, 0.1) is 23.3 Å². The molecule has 3 heteroatoms. The molecule has 0 amide bonds. The average molecular weight is 352 g/mol. The number of halogens is 2. The van der Waals surface area contributed by atoms with Gasteiger partial charge in [0.05, 0.1) is 3.39 Å². The third-order valence-electron chi connectivity index (χ3n) is 1.83. The van der Waals surface area contributed by atoms with Crippen LogP contribution in [-0.4, -0.2) is 8.07 Å². The molecule has 0 saturated heterocycles. The van der Waals surface area contributed by atoms with Crippen molar-refractivity contribution in [3.63, 3.8) is 0 Å². The van der Waals surface area contributed by atoms with Gasteiger partial charge in [-0.05, 0) is 44.2 Å². The van der Waals surface area contributed by atoms with Crippen LogP contribution in [0.1, 0.15) is 20.3 Å². The van der Waals surface area contributed by atoms with E-state index in [2.05, 4.69) is 82.9 Å². The zero-order chi connectivity index (χ0) is 12.1. The van der Waals surface area contributed by atoms with E-state index in [1.807, 2.05) is 0 Å². The van der Waals surface area contributed by atoms with Gasteiger partial charge in [0.1, 0.15) is 8.07 Å². The summed E-state index contributed by atoms with van der Waals surface area (Å²) in [5.74, 6) is 4.43. The number of rotatable bonds is 3. The molecule has 0 saturated carbocycles. The summed E-state index contributed by atoms with van der Waals surface area (Å²) in [6.45, 7) is 11.3. The monoisotopic (exact) mass is 350 g/mol. The van der Waals surface area contributed by atoms with E-state index in [1.54, 1.807) is 0 Å². The molecular formula is C12H20Br2Si. The lowest BCUT2D eigenvalue weighted by molar-refractivity contribution is 0.557. The van der Waals surface area contributed by atoms with Gasteiger partial charge in [0.2, 0.25) is 0 Å². The van der Waals surface area contributed by atoms with Crippen LogP contribution >= 0.6 is 31.9 Å². The van der Waals surface area contributed by atoms with Crippen LogP contribution in [0.5, 0.6) is 0 Å². The van der Waals surface area contributed by atoms with E-state index in [0.717, 1.165) is 9.81 Å². The summed E-state index contributed by atoms with van der Waals surface area (Å²) in [6, 6.07) is 0. The average Bonchev–Trinajstić information content (AvgIpc) is 1.97. The highest BCUT2D eigenvalue weighted by Gasteiger charge is 2.09. The van der Waals surface area contributed by atoms with Crippen molar-refractivity contribution in [2.45, 2.75) is 39.9 Å². The SMILES string of the molecule is C[C@H](C#C[Si](C)(C)C)C[C@H](C)C=C(Br)Br. The first kappa shape index (κ1) is 15.5. The molecule has 0 fully saturated rings. The summed E-state index contributed by atoms with van der Waals surface area (Å²) in [7, 11) is -1.20. The fourth-order valence-electron chi connectivity index (χ4n) is 1.24. The molecule has 0 N–H and O–H groups in total. The quantitative estimate of drug-likeness (QED) is 0.486. The van der Waals surface area contributed by atoms with Crippen molar-refractivity contribution in [1.29, 1.82) is 0 Å². The minimum absolute atomic E-state index is 0.488. The summed E-state index contributed by atoms with van der Waals surface area (Å²) in [6.07, 6.45) is 3.30. The number of hydrogen-bond acceptors (Lipinski definition) is 0. The van der Waals surface area contributed by atoms with Gasteiger partial charge in [0.15, 0.2) is 0 Å². The maximum absolute atomic E-state index is 3.43. The van der Waals surface area contributed by atoms with Gasteiger partial charge in [-0.2, -0.15) is 0 Å². The Balaban J connectivity index is 4.19. The van der Waals surface area contributed by atoms with Crippen LogP contribution in [0.25, 0.3) is 0 Å². The molecule has 0 heterocycles. The fourth-order valence-corrected chi connectivity index (χ4v) is 2.82. The van der Waals surface area contributed by atoms with Crippen molar-refractivity contribution in [2.75, 3.05) is 0 Å². The van der Waals surface area contributed by atoms with Gasteiger partial charge >= 0.3 is 0 Å². The van der Waals surface area contributed by atoms with Crippen LogP contribution in [0.3, 0.4) is 0 Å². The second-order valence-corrected chi connectivity index (χ2v) is 12.6. The molecule has 0 rings (SSSR count). The second-order valence-electron chi connectivity index (χ2n) is 5.09. The zero-order valence-corrected chi connectivity index (χ0v) is 14.4. The highest BCUT2D eigenvalue weighted by molar-refractivity contribution is 9.28. The Morgan fingerprint density at radius 1 is 1.27 bits per heavy atom. The molecular weight excluding hydrogens is 332 g/mol. The Labute approximate surface area is 112 Å². The molecule has 0 aliphatic carbocycles. The van der Waals surface area contributed by atoms with E-state index in [-0.39, 0.29) is 0 Å². The maximum atomic E-state index is 3.43. The van der Waals surface area contributed by atoms with Gasteiger partial charge < -0.3 is 0 Å². The van der Waals surface area contributed by atoms with Crippen LogP contribution in [-0.2, 0) is 0 Å². The summed E-state index contributed by atoms with van der Waals surface area (Å²) >= 11 is 6.77. The topological polar surface area (TPSA) is 0 Å². The Morgan fingerprint density at radius 3 is 2.20 bits per heavy atom. The number of hydrogen-bond donors (Lipinski definition) is 0. The Bertz CT molecular complexity index is 274. The smallest absolute Gasteiger partial charge is 0.129 e. The zero-order valence-electron chi connectivity index (χ0n) is 10.2. The minimum atomic E-state index is -1.20. The molecule has 0 spiro atoms. The summed E-state index contributed by atoms with van der Waals surface area (Å²) in [5, 5.41) is 0. The molecule has 0 radical (unpaired) electrons. The van der Waals surface area contributed by atoms with E-state index < -0.39 is 8.07 Å². The molecule has 0 unspecified atom stereocenters. The van der Waals surface area contributed by atoms with Crippen molar-refractivity contribution >= 4 is 39.9 Å². The van der Waals surface area contributed by atoms with Crippen LogP contribution in [0.4, 0.5) is 0 Å². The molecule has 2 atom stereocenters. The molecule has 15 heavy (non-hydrogen) atoms. The highest BCUT2D eigenvalue weighted by atomic mass is 79.9. The molecule has 0 nitrogen and oxygen atoms in total. The molecule has 0 aliphatic heterocycles. The van der Waals surface area contributed by atoms with Crippen LogP contribution < -0.4 is 0 Å². The first-order valence-electron chi connectivity index (χ1n) is 5.26. The van der Waals surface area contributed by atoms with Gasteiger partial charge in [0, 0.05) is 5.92 Å². The van der Waals surface area contributed by atoms with Gasteiger partial charge in [-0.25, -0.2) is 0 Å². The van der Waals surface area contributed by atoms with E-state index in [0.29, 0.717) is 11.8 Å². The van der Waals surface area contributed by atoms with E-state index in [9.17, 15) is 0 Å². The lowest BCUT2D eigenvalue weighted by Gasteiger charge is -2.10. The molecule has 0 bridgehead atoms. The van der Waals surface area contributed by atoms with Gasteiger partial charge in [-0.15, -0.1) is 11.5 Å². The summed E-state index contributed by atoms with van der Waals surface area (Å²) < 4.78 is 1.04. The Morgan fingerprint density at radius 2 is 1.80 bits per heavy atom. The molecule has 0 aromatic rings. The largest absolute Gasteiger partial charge is 0.132 e. The predicted octanol–water partition coefficient (Wildman–Crippen LogP) is 5.16. The van der Waals surface area contributed by atoms with E-state index in [1.165, 1.54) is 0 Å². The molecule has 0 aromatic heterocycles. The van der Waals surface area contributed by atoms with Crippen LogP contribution in [0.2, 0.25) is 19.6 Å². The first-order chi connectivity index (χ1) is 6.70. The highest BCUT2D eigenvalue weighted by Crippen LogP contribution is 2.20. The lowest BCUT2D eigenvalue weighted by atomic mass is 9.98. The maximum Gasteiger partial charge on any atom is 0.129 e. The van der Waals surface area contributed by atoms with Crippen molar-refractivity contribution in [2.24, 2.45) is 11.8 Å². The molecule has 0 aromatic carbocycles. The van der Waals surface area contributed by atoms with Crippen molar-refractivity contribution < 1.29 is 0 Å².